The molecule has 1 heterocycles. The molecule has 0 spiro atoms. The standard InChI is InChI=1S/C12H14ClN3O3/c1-8-7-15(5-4-14-8)12(17)10-6-9(16(18)19)2-3-11(10)13/h2-3,6,8,14H,4-5,7H2,1H3/t8-/m0/s1. The van der Waals surface area contributed by atoms with E-state index in [1.165, 1.54) is 18.2 Å². The molecule has 0 saturated carbocycles. The summed E-state index contributed by atoms with van der Waals surface area (Å²) in [6, 6.07) is 4.12. The minimum Gasteiger partial charge on any atom is -0.336 e. The highest BCUT2D eigenvalue weighted by molar-refractivity contribution is 6.33. The summed E-state index contributed by atoms with van der Waals surface area (Å²) in [7, 11) is 0. The minimum atomic E-state index is -0.534. The molecule has 2 rings (SSSR count). The van der Waals surface area contributed by atoms with Gasteiger partial charge in [-0.05, 0) is 13.0 Å². The first kappa shape index (κ1) is 13.8. The number of non-ortho nitro benzene ring substituents is 1. The molecule has 0 unspecified atom stereocenters. The second-order valence-corrected chi connectivity index (χ2v) is 4.93. The molecule has 0 aliphatic carbocycles. The van der Waals surface area contributed by atoms with E-state index in [9.17, 15) is 14.9 Å². The van der Waals surface area contributed by atoms with Crippen molar-refractivity contribution in [1.29, 1.82) is 0 Å². The largest absolute Gasteiger partial charge is 0.336 e. The lowest BCUT2D eigenvalue weighted by molar-refractivity contribution is -0.384. The molecule has 1 aromatic rings. The van der Waals surface area contributed by atoms with Crippen molar-refractivity contribution in [3.05, 3.63) is 38.9 Å². The molecule has 1 atom stereocenters. The summed E-state index contributed by atoms with van der Waals surface area (Å²) in [6.45, 7) is 3.83. The second kappa shape index (κ2) is 5.54. The molecular weight excluding hydrogens is 270 g/mol. The van der Waals surface area contributed by atoms with Crippen molar-refractivity contribution in [3.8, 4) is 0 Å². The molecule has 102 valence electrons. The lowest BCUT2D eigenvalue weighted by Crippen LogP contribution is -2.51. The third-order valence-corrected chi connectivity index (χ3v) is 3.38. The zero-order chi connectivity index (χ0) is 14.0. The molecule has 1 aliphatic heterocycles. The SMILES string of the molecule is C[C@H]1CN(C(=O)c2cc([N+](=O)[O-])ccc2Cl)CCN1. The predicted molar refractivity (Wildman–Crippen MR) is 71.5 cm³/mol. The van der Waals surface area contributed by atoms with Gasteiger partial charge in [0, 0.05) is 37.8 Å². The number of hydrogen-bond donors (Lipinski definition) is 1. The Morgan fingerprint density at radius 2 is 2.32 bits per heavy atom. The van der Waals surface area contributed by atoms with E-state index in [-0.39, 0.29) is 28.2 Å². The first-order chi connectivity index (χ1) is 8.99. The van der Waals surface area contributed by atoms with Gasteiger partial charge in [0.1, 0.15) is 0 Å². The van der Waals surface area contributed by atoms with Gasteiger partial charge in [0.15, 0.2) is 0 Å². The van der Waals surface area contributed by atoms with Crippen LogP contribution in [0.3, 0.4) is 0 Å². The lowest BCUT2D eigenvalue weighted by Gasteiger charge is -2.32. The normalized spacial score (nSPS) is 19.3. The van der Waals surface area contributed by atoms with E-state index in [1.54, 1.807) is 4.90 Å². The van der Waals surface area contributed by atoms with Gasteiger partial charge in [-0.15, -0.1) is 0 Å². The number of amides is 1. The molecule has 1 fully saturated rings. The van der Waals surface area contributed by atoms with Gasteiger partial charge < -0.3 is 10.2 Å². The first-order valence-corrected chi connectivity index (χ1v) is 6.33. The summed E-state index contributed by atoms with van der Waals surface area (Å²) in [5, 5.41) is 14.2. The van der Waals surface area contributed by atoms with E-state index in [0.717, 1.165) is 0 Å². The molecule has 1 amide bonds. The van der Waals surface area contributed by atoms with E-state index < -0.39 is 4.92 Å². The van der Waals surface area contributed by atoms with Crippen molar-refractivity contribution in [1.82, 2.24) is 10.2 Å². The number of carbonyl (C=O) groups is 1. The molecule has 0 radical (unpaired) electrons. The van der Waals surface area contributed by atoms with Crippen molar-refractivity contribution < 1.29 is 9.72 Å². The Hall–Kier alpha value is -1.66. The van der Waals surface area contributed by atoms with Crippen LogP contribution in [0.15, 0.2) is 18.2 Å². The fourth-order valence-electron chi connectivity index (χ4n) is 2.08. The Balaban J connectivity index is 2.27. The van der Waals surface area contributed by atoms with E-state index in [0.29, 0.717) is 19.6 Å². The monoisotopic (exact) mass is 283 g/mol. The van der Waals surface area contributed by atoms with Crippen LogP contribution in [-0.4, -0.2) is 41.4 Å². The van der Waals surface area contributed by atoms with Gasteiger partial charge in [-0.1, -0.05) is 11.6 Å². The number of hydrogen-bond acceptors (Lipinski definition) is 4. The second-order valence-electron chi connectivity index (χ2n) is 4.53. The van der Waals surface area contributed by atoms with Crippen LogP contribution < -0.4 is 5.32 Å². The molecular formula is C12H14ClN3O3. The summed E-state index contributed by atoms with van der Waals surface area (Å²) >= 11 is 5.97. The van der Waals surface area contributed by atoms with Crippen LogP contribution in [0.4, 0.5) is 5.69 Å². The number of nitro groups is 1. The van der Waals surface area contributed by atoms with Gasteiger partial charge in [0.25, 0.3) is 11.6 Å². The zero-order valence-corrected chi connectivity index (χ0v) is 11.2. The highest BCUT2D eigenvalue weighted by Gasteiger charge is 2.24. The average molecular weight is 284 g/mol. The fraction of sp³-hybridized carbons (Fsp3) is 0.417. The summed E-state index contributed by atoms with van der Waals surface area (Å²) in [5.74, 6) is -0.262. The smallest absolute Gasteiger partial charge is 0.270 e. The molecule has 19 heavy (non-hydrogen) atoms. The number of piperazine rings is 1. The van der Waals surface area contributed by atoms with E-state index >= 15 is 0 Å². The van der Waals surface area contributed by atoms with E-state index in [2.05, 4.69) is 5.32 Å². The number of benzene rings is 1. The van der Waals surface area contributed by atoms with Gasteiger partial charge in [-0.2, -0.15) is 0 Å². The maximum Gasteiger partial charge on any atom is 0.270 e. The summed E-state index contributed by atoms with van der Waals surface area (Å²) in [4.78, 5) is 24.2. The number of nitrogens with zero attached hydrogens (tertiary/aromatic N) is 2. The Morgan fingerprint density at radius 1 is 1.58 bits per heavy atom. The van der Waals surface area contributed by atoms with Gasteiger partial charge in [0.2, 0.25) is 0 Å². The van der Waals surface area contributed by atoms with Crippen LogP contribution in [0, 0.1) is 10.1 Å². The summed E-state index contributed by atoms with van der Waals surface area (Å²) < 4.78 is 0. The lowest BCUT2D eigenvalue weighted by atomic mass is 10.1. The molecule has 6 nitrogen and oxygen atoms in total. The number of nitro benzene ring substituents is 1. The van der Waals surface area contributed by atoms with Crippen LogP contribution in [0.25, 0.3) is 0 Å². The van der Waals surface area contributed by atoms with Crippen molar-refractivity contribution in [2.24, 2.45) is 0 Å². The van der Waals surface area contributed by atoms with Crippen molar-refractivity contribution in [3.63, 3.8) is 0 Å². The third-order valence-electron chi connectivity index (χ3n) is 3.05. The number of nitrogens with one attached hydrogen (secondary N) is 1. The Kier molecular flexibility index (Phi) is 4.01. The van der Waals surface area contributed by atoms with Gasteiger partial charge >= 0.3 is 0 Å². The summed E-state index contributed by atoms with van der Waals surface area (Å²) in [5.41, 5.74) is 0.0564. The van der Waals surface area contributed by atoms with Gasteiger partial charge in [-0.3, -0.25) is 14.9 Å². The molecule has 0 bridgehead atoms. The highest BCUT2D eigenvalue weighted by Crippen LogP contribution is 2.23. The Labute approximate surface area is 115 Å². The minimum absolute atomic E-state index is 0.129. The predicted octanol–water partition coefficient (Wildman–Crippen LogP) is 1.68. The van der Waals surface area contributed by atoms with Gasteiger partial charge in [-0.25, -0.2) is 0 Å². The van der Waals surface area contributed by atoms with Crippen LogP contribution in [-0.2, 0) is 0 Å². The fourth-order valence-corrected chi connectivity index (χ4v) is 2.28. The Bertz CT molecular complexity index is 521. The molecule has 0 aromatic heterocycles. The average Bonchev–Trinajstić information content (AvgIpc) is 2.38. The molecule has 1 saturated heterocycles. The van der Waals surface area contributed by atoms with Crippen LogP contribution in [0.1, 0.15) is 17.3 Å². The molecule has 7 heteroatoms. The zero-order valence-electron chi connectivity index (χ0n) is 10.4. The van der Waals surface area contributed by atoms with Crippen molar-refractivity contribution in [2.75, 3.05) is 19.6 Å². The number of halogens is 1. The van der Waals surface area contributed by atoms with E-state index in [4.69, 9.17) is 11.6 Å². The van der Waals surface area contributed by atoms with Crippen molar-refractivity contribution in [2.45, 2.75) is 13.0 Å². The topological polar surface area (TPSA) is 75.5 Å². The number of rotatable bonds is 2. The highest BCUT2D eigenvalue weighted by atomic mass is 35.5. The maximum atomic E-state index is 12.3. The van der Waals surface area contributed by atoms with Crippen LogP contribution >= 0.6 is 11.6 Å². The van der Waals surface area contributed by atoms with Crippen LogP contribution in [0.2, 0.25) is 5.02 Å². The quantitative estimate of drug-likeness (QED) is 0.662. The van der Waals surface area contributed by atoms with E-state index in [1.807, 2.05) is 6.92 Å². The molecule has 1 N–H and O–H groups in total. The van der Waals surface area contributed by atoms with Gasteiger partial charge in [0.05, 0.1) is 15.5 Å². The maximum absolute atomic E-state index is 12.3. The first-order valence-electron chi connectivity index (χ1n) is 5.95. The molecule has 1 aromatic carbocycles. The van der Waals surface area contributed by atoms with Crippen LogP contribution in [0.5, 0.6) is 0 Å². The van der Waals surface area contributed by atoms with Crippen molar-refractivity contribution >= 4 is 23.2 Å². The third kappa shape index (κ3) is 3.02. The molecule has 1 aliphatic rings. The summed E-state index contributed by atoms with van der Waals surface area (Å²) in [6.07, 6.45) is 0. The Morgan fingerprint density at radius 3 is 2.95 bits per heavy atom. The number of carbonyl (C=O) groups excluding carboxylic acids is 1.